The maximum Gasteiger partial charge on any atom is 0.249 e. The second-order valence-electron chi connectivity index (χ2n) is 3.44. The van der Waals surface area contributed by atoms with E-state index in [0.717, 1.165) is 5.56 Å². The lowest BCUT2D eigenvalue weighted by Gasteiger charge is -2.15. The highest BCUT2D eigenvalue weighted by molar-refractivity contribution is 5.99. The van der Waals surface area contributed by atoms with Gasteiger partial charge in [-0.1, -0.05) is 0 Å². The molecule has 0 aromatic heterocycles. The molecule has 0 fully saturated rings. The van der Waals surface area contributed by atoms with Crippen LogP contribution in [0.1, 0.15) is 27.0 Å². The predicted molar refractivity (Wildman–Crippen MR) is 58.0 cm³/mol. The fraction of sp³-hybridized carbons (Fsp3) is 0.300. The highest BCUT2D eigenvalue weighted by atomic mass is 16.1. The molecule has 0 atom stereocenters. The van der Waals surface area contributed by atoms with Crippen molar-refractivity contribution in [1.82, 2.24) is 0 Å². The number of nitrogens with two attached hydrogens (primary N) is 3. The van der Waals surface area contributed by atoms with Crippen molar-refractivity contribution in [2.24, 2.45) is 5.73 Å². The van der Waals surface area contributed by atoms with Crippen molar-refractivity contribution in [3.8, 4) is 0 Å². The molecule has 4 nitrogen and oxygen atoms in total. The Labute approximate surface area is 83.1 Å². The summed E-state index contributed by atoms with van der Waals surface area (Å²) in [4.78, 5) is 11.2. The van der Waals surface area contributed by atoms with Gasteiger partial charge >= 0.3 is 0 Å². The number of primary amides is 1. The zero-order valence-electron chi connectivity index (χ0n) is 8.64. The predicted octanol–water partition coefficient (Wildman–Crippen LogP) is 0.875. The van der Waals surface area contributed by atoms with Crippen LogP contribution in [0.3, 0.4) is 0 Å². The molecule has 1 amide bonds. The third-order valence-electron chi connectivity index (χ3n) is 2.61. The molecule has 0 bridgehead atoms. The molecular weight excluding hydrogens is 178 g/mol. The highest BCUT2D eigenvalue weighted by Gasteiger charge is 2.16. The summed E-state index contributed by atoms with van der Waals surface area (Å²) < 4.78 is 0. The van der Waals surface area contributed by atoms with E-state index in [-0.39, 0.29) is 0 Å². The van der Waals surface area contributed by atoms with Crippen molar-refractivity contribution in [1.29, 1.82) is 0 Å². The summed E-state index contributed by atoms with van der Waals surface area (Å²) in [6.07, 6.45) is 0. The van der Waals surface area contributed by atoms with Crippen molar-refractivity contribution in [3.63, 3.8) is 0 Å². The molecule has 0 radical (unpaired) electrons. The average Bonchev–Trinajstić information content (AvgIpc) is 2.11. The number of anilines is 2. The number of amides is 1. The van der Waals surface area contributed by atoms with E-state index in [1.807, 2.05) is 6.92 Å². The first-order valence-corrected chi connectivity index (χ1v) is 4.32. The quantitative estimate of drug-likeness (QED) is 0.577. The second-order valence-corrected chi connectivity index (χ2v) is 3.44. The maximum absolute atomic E-state index is 11.2. The Morgan fingerprint density at radius 1 is 0.929 bits per heavy atom. The summed E-state index contributed by atoms with van der Waals surface area (Å²) in [5.41, 5.74) is 20.6. The Kier molecular flexibility index (Phi) is 2.38. The lowest BCUT2D eigenvalue weighted by Crippen LogP contribution is -2.17. The van der Waals surface area contributed by atoms with Gasteiger partial charge < -0.3 is 17.2 Å². The van der Waals surface area contributed by atoms with Gasteiger partial charge in [-0.25, -0.2) is 0 Å². The van der Waals surface area contributed by atoms with E-state index < -0.39 is 5.91 Å². The summed E-state index contributed by atoms with van der Waals surface area (Å²) in [6, 6.07) is 0. The maximum atomic E-state index is 11.2. The fourth-order valence-corrected chi connectivity index (χ4v) is 1.63. The van der Waals surface area contributed by atoms with E-state index in [9.17, 15) is 4.79 Å². The standard InChI is InChI=1S/C10H15N3O/c1-4-7(10(13)14)5(2)9(12)6(3)8(4)11/h11-12H2,1-3H3,(H2,13,14). The van der Waals surface area contributed by atoms with Crippen LogP contribution in [-0.2, 0) is 0 Å². The molecule has 76 valence electrons. The first kappa shape index (κ1) is 10.4. The number of hydrogen-bond donors (Lipinski definition) is 3. The van der Waals surface area contributed by atoms with Gasteiger partial charge in [-0.15, -0.1) is 0 Å². The molecule has 1 rings (SSSR count). The van der Waals surface area contributed by atoms with E-state index >= 15 is 0 Å². The van der Waals surface area contributed by atoms with Crippen molar-refractivity contribution in [3.05, 3.63) is 22.3 Å². The van der Waals surface area contributed by atoms with Crippen LogP contribution in [0.25, 0.3) is 0 Å². The minimum absolute atomic E-state index is 0.436. The fourth-order valence-electron chi connectivity index (χ4n) is 1.63. The van der Waals surface area contributed by atoms with Gasteiger partial charge in [0.25, 0.3) is 0 Å². The molecule has 0 aliphatic carbocycles. The van der Waals surface area contributed by atoms with Gasteiger partial charge in [0.05, 0.1) is 0 Å². The first-order valence-electron chi connectivity index (χ1n) is 4.32. The van der Waals surface area contributed by atoms with E-state index in [1.54, 1.807) is 13.8 Å². The van der Waals surface area contributed by atoms with Gasteiger partial charge in [-0.05, 0) is 37.5 Å². The Balaban J connectivity index is 3.68. The molecule has 0 saturated heterocycles. The molecule has 0 spiro atoms. The second kappa shape index (κ2) is 3.21. The van der Waals surface area contributed by atoms with Gasteiger partial charge in [0, 0.05) is 16.9 Å². The van der Waals surface area contributed by atoms with E-state index in [4.69, 9.17) is 17.2 Å². The molecule has 1 aromatic rings. The number of carbonyl (C=O) groups is 1. The van der Waals surface area contributed by atoms with Crippen molar-refractivity contribution >= 4 is 17.3 Å². The van der Waals surface area contributed by atoms with Crippen molar-refractivity contribution < 1.29 is 4.79 Å². The monoisotopic (exact) mass is 193 g/mol. The van der Waals surface area contributed by atoms with Crippen LogP contribution in [0.4, 0.5) is 11.4 Å². The molecule has 1 aromatic carbocycles. The van der Waals surface area contributed by atoms with Crippen LogP contribution >= 0.6 is 0 Å². The average molecular weight is 193 g/mol. The Morgan fingerprint density at radius 2 is 1.29 bits per heavy atom. The molecule has 0 heterocycles. The van der Waals surface area contributed by atoms with Gasteiger partial charge in [0.2, 0.25) is 5.91 Å². The van der Waals surface area contributed by atoms with E-state index in [0.29, 0.717) is 28.1 Å². The lowest BCUT2D eigenvalue weighted by atomic mass is 9.95. The van der Waals surface area contributed by atoms with Gasteiger partial charge in [0.1, 0.15) is 0 Å². The minimum Gasteiger partial charge on any atom is -0.398 e. The van der Waals surface area contributed by atoms with Crippen molar-refractivity contribution in [2.45, 2.75) is 20.8 Å². The lowest BCUT2D eigenvalue weighted by molar-refractivity contribution is 0.0999. The number of carbonyl (C=O) groups excluding carboxylic acids is 1. The molecule has 0 saturated carbocycles. The Morgan fingerprint density at radius 3 is 1.57 bits per heavy atom. The molecule has 4 heteroatoms. The highest BCUT2D eigenvalue weighted by Crippen LogP contribution is 2.30. The van der Waals surface area contributed by atoms with Crippen LogP contribution in [0, 0.1) is 20.8 Å². The summed E-state index contributed by atoms with van der Waals surface area (Å²) in [5.74, 6) is -0.488. The van der Waals surface area contributed by atoms with E-state index in [1.165, 1.54) is 0 Å². The minimum atomic E-state index is -0.488. The Hall–Kier alpha value is -1.71. The van der Waals surface area contributed by atoms with Gasteiger partial charge in [-0.2, -0.15) is 0 Å². The number of hydrogen-bond acceptors (Lipinski definition) is 3. The molecular formula is C10H15N3O. The smallest absolute Gasteiger partial charge is 0.249 e. The van der Waals surface area contributed by atoms with Crippen LogP contribution in [0.2, 0.25) is 0 Å². The summed E-state index contributed by atoms with van der Waals surface area (Å²) in [6.45, 7) is 5.37. The molecule has 14 heavy (non-hydrogen) atoms. The van der Waals surface area contributed by atoms with Gasteiger partial charge in [-0.3, -0.25) is 4.79 Å². The first-order chi connectivity index (χ1) is 6.37. The molecule has 0 unspecified atom stereocenters. The number of rotatable bonds is 1. The molecule has 0 aliphatic heterocycles. The SMILES string of the molecule is Cc1c(N)c(C)c(C(N)=O)c(C)c1N. The van der Waals surface area contributed by atoms with Crippen LogP contribution in [0.15, 0.2) is 0 Å². The van der Waals surface area contributed by atoms with Crippen LogP contribution in [0.5, 0.6) is 0 Å². The van der Waals surface area contributed by atoms with Gasteiger partial charge in [0.15, 0.2) is 0 Å². The summed E-state index contributed by atoms with van der Waals surface area (Å²) in [7, 11) is 0. The zero-order chi connectivity index (χ0) is 11.0. The molecule has 0 aliphatic rings. The van der Waals surface area contributed by atoms with E-state index in [2.05, 4.69) is 0 Å². The zero-order valence-corrected chi connectivity index (χ0v) is 8.64. The van der Waals surface area contributed by atoms with Crippen LogP contribution in [-0.4, -0.2) is 5.91 Å². The third kappa shape index (κ3) is 1.28. The largest absolute Gasteiger partial charge is 0.398 e. The van der Waals surface area contributed by atoms with Crippen molar-refractivity contribution in [2.75, 3.05) is 11.5 Å². The molecule has 6 N–H and O–H groups in total. The number of benzene rings is 1. The summed E-state index contributed by atoms with van der Waals surface area (Å²) >= 11 is 0. The topological polar surface area (TPSA) is 95.1 Å². The summed E-state index contributed by atoms with van der Waals surface area (Å²) in [5, 5.41) is 0. The number of nitrogen functional groups attached to an aromatic ring is 2. The van der Waals surface area contributed by atoms with Crippen LogP contribution < -0.4 is 17.2 Å². The Bertz CT molecular complexity index is 381. The third-order valence-corrected chi connectivity index (χ3v) is 2.61. The normalized spacial score (nSPS) is 10.2.